The Morgan fingerprint density at radius 1 is 1.60 bits per heavy atom. The lowest BCUT2D eigenvalue weighted by Crippen LogP contribution is -2.27. The molecule has 3 nitrogen and oxygen atoms in total. The zero-order valence-corrected chi connectivity index (χ0v) is 8.90. The van der Waals surface area contributed by atoms with E-state index in [-0.39, 0.29) is 5.75 Å². The highest BCUT2D eigenvalue weighted by atomic mass is 16.3. The molecule has 1 rings (SSSR count). The summed E-state index contributed by atoms with van der Waals surface area (Å²) in [4.78, 5) is 4.08. The Morgan fingerprint density at radius 3 is 2.93 bits per heavy atom. The maximum Gasteiger partial charge on any atom is 0.133 e. The Hall–Kier alpha value is -1.53. The van der Waals surface area contributed by atoms with Gasteiger partial charge >= 0.3 is 0 Å². The molecule has 1 atom stereocenters. The molecular formula is C12H16N2O. The molecule has 0 aliphatic rings. The third kappa shape index (κ3) is 4.01. The molecule has 0 aliphatic heterocycles. The second kappa shape index (κ2) is 6.05. The van der Waals surface area contributed by atoms with Gasteiger partial charge in [-0.15, -0.1) is 12.3 Å². The monoisotopic (exact) mass is 204 g/mol. The highest BCUT2D eigenvalue weighted by Crippen LogP contribution is 2.06. The van der Waals surface area contributed by atoms with Crippen molar-refractivity contribution in [2.24, 2.45) is 0 Å². The molecular weight excluding hydrogens is 188 g/mol. The maximum atomic E-state index is 9.06. The summed E-state index contributed by atoms with van der Waals surface area (Å²) in [5, 5.41) is 12.4. The Balaban J connectivity index is 2.42. The molecule has 1 aromatic rings. The summed E-state index contributed by atoms with van der Waals surface area (Å²) in [6.07, 6.45) is 8.43. The highest BCUT2D eigenvalue weighted by molar-refractivity contribution is 5.17. The molecule has 0 spiro atoms. The fourth-order valence-electron chi connectivity index (χ4n) is 1.27. The predicted molar refractivity (Wildman–Crippen MR) is 60.3 cm³/mol. The normalized spacial score (nSPS) is 12.0. The van der Waals surface area contributed by atoms with Crippen LogP contribution in [-0.2, 0) is 6.54 Å². The Labute approximate surface area is 90.5 Å². The molecule has 0 saturated carbocycles. The van der Waals surface area contributed by atoms with Crippen molar-refractivity contribution in [1.29, 1.82) is 0 Å². The van der Waals surface area contributed by atoms with Crippen molar-refractivity contribution < 1.29 is 5.11 Å². The summed E-state index contributed by atoms with van der Waals surface area (Å²) < 4.78 is 0. The molecule has 0 radical (unpaired) electrons. The van der Waals surface area contributed by atoms with E-state index in [0.29, 0.717) is 12.6 Å². The van der Waals surface area contributed by atoms with Gasteiger partial charge in [0.25, 0.3) is 0 Å². The SMILES string of the molecule is C#CCC(CC)NCc1ccc(O)cn1. The van der Waals surface area contributed by atoms with Crippen molar-refractivity contribution in [3.05, 3.63) is 24.0 Å². The number of hydrogen-bond donors (Lipinski definition) is 2. The zero-order chi connectivity index (χ0) is 11.1. The van der Waals surface area contributed by atoms with Crippen molar-refractivity contribution in [1.82, 2.24) is 10.3 Å². The third-order valence-corrected chi connectivity index (χ3v) is 2.24. The van der Waals surface area contributed by atoms with Crippen LogP contribution in [0.4, 0.5) is 0 Å². The number of aromatic hydroxyl groups is 1. The van der Waals surface area contributed by atoms with Crippen molar-refractivity contribution in [3.63, 3.8) is 0 Å². The number of nitrogens with one attached hydrogen (secondary N) is 1. The van der Waals surface area contributed by atoms with Crippen LogP contribution in [0, 0.1) is 12.3 Å². The minimum Gasteiger partial charge on any atom is -0.506 e. The van der Waals surface area contributed by atoms with Crippen LogP contribution in [0.5, 0.6) is 5.75 Å². The molecule has 15 heavy (non-hydrogen) atoms. The first-order valence-electron chi connectivity index (χ1n) is 5.07. The van der Waals surface area contributed by atoms with Gasteiger partial charge in [0.2, 0.25) is 0 Å². The van der Waals surface area contributed by atoms with E-state index in [1.54, 1.807) is 12.1 Å². The smallest absolute Gasteiger partial charge is 0.133 e. The molecule has 1 unspecified atom stereocenters. The molecule has 0 aromatic carbocycles. The molecule has 0 bridgehead atoms. The summed E-state index contributed by atoms with van der Waals surface area (Å²) in [5.41, 5.74) is 0.906. The number of rotatable bonds is 5. The zero-order valence-electron chi connectivity index (χ0n) is 8.90. The summed E-state index contributed by atoms with van der Waals surface area (Å²) in [7, 11) is 0. The van der Waals surface area contributed by atoms with Gasteiger partial charge in [-0.1, -0.05) is 6.92 Å². The summed E-state index contributed by atoms with van der Waals surface area (Å²) in [6, 6.07) is 3.77. The molecule has 1 aromatic heterocycles. The van der Waals surface area contributed by atoms with Gasteiger partial charge in [0.05, 0.1) is 11.9 Å². The van der Waals surface area contributed by atoms with Crippen molar-refractivity contribution in [2.45, 2.75) is 32.4 Å². The van der Waals surface area contributed by atoms with Crippen molar-refractivity contribution in [2.75, 3.05) is 0 Å². The first-order valence-corrected chi connectivity index (χ1v) is 5.07. The van der Waals surface area contributed by atoms with Gasteiger partial charge in [-0.25, -0.2) is 0 Å². The number of terminal acetylenes is 1. The average Bonchev–Trinajstić information content (AvgIpc) is 2.26. The fourth-order valence-corrected chi connectivity index (χ4v) is 1.27. The van der Waals surface area contributed by atoms with Crippen LogP contribution >= 0.6 is 0 Å². The van der Waals surface area contributed by atoms with Gasteiger partial charge in [0.1, 0.15) is 5.75 Å². The van der Waals surface area contributed by atoms with E-state index in [2.05, 4.69) is 23.1 Å². The number of aromatic nitrogens is 1. The van der Waals surface area contributed by atoms with E-state index in [1.165, 1.54) is 6.20 Å². The van der Waals surface area contributed by atoms with E-state index in [9.17, 15) is 0 Å². The molecule has 2 N–H and O–H groups in total. The van der Waals surface area contributed by atoms with Gasteiger partial charge in [-0.3, -0.25) is 4.98 Å². The van der Waals surface area contributed by atoms with Crippen LogP contribution in [-0.4, -0.2) is 16.1 Å². The number of nitrogens with zero attached hydrogens (tertiary/aromatic N) is 1. The molecule has 3 heteroatoms. The first-order chi connectivity index (χ1) is 7.26. The lowest BCUT2D eigenvalue weighted by atomic mass is 10.1. The largest absolute Gasteiger partial charge is 0.506 e. The van der Waals surface area contributed by atoms with Gasteiger partial charge in [-0.2, -0.15) is 0 Å². The second-order valence-corrected chi connectivity index (χ2v) is 3.40. The quantitative estimate of drug-likeness (QED) is 0.717. The van der Waals surface area contributed by atoms with Crippen LogP contribution in [0.25, 0.3) is 0 Å². The van der Waals surface area contributed by atoms with Crippen molar-refractivity contribution >= 4 is 0 Å². The fraction of sp³-hybridized carbons (Fsp3) is 0.417. The summed E-state index contributed by atoms with van der Waals surface area (Å²) >= 11 is 0. The van der Waals surface area contributed by atoms with E-state index in [1.807, 2.05) is 0 Å². The van der Waals surface area contributed by atoms with E-state index >= 15 is 0 Å². The molecule has 1 heterocycles. The third-order valence-electron chi connectivity index (χ3n) is 2.24. The summed E-state index contributed by atoms with van der Waals surface area (Å²) in [6.45, 7) is 2.78. The van der Waals surface area contributed by atoms with Crippen LogP contribution in [0.3, 0.4) is 0 Å². The Bertz CT molecular complexity index is 326. The van der Waals surface area contributed by atoms with Gasteiger partial charge < -0.3 is 10.4 Å². The number of hydrogen-bond acceptors (Lipinski definition) is 3. The van der Waals surface area contributed by atoms with Crippen molar-refractivity contribution in [3.8, 4) is 18.1 Å². The van der Waals surface area contributed by atoms with Gasteiger partial charge in [0, 0.05) is 19.0 Å². The topological polar surface area (TPSA) is 45.1 Å². The van der Waals surface area contributed by atoms with E-state index in [0.717, 1.165) is 18.5 Å². The molecule has 0 aliphatic carbocycles. The van der Waals surface area contributed by atoms with Crippen LogP contribution < -0.4 is 5.32 Å². The standard InChI is InChI=1S/C12H16N2O/c1-3-5-10(4-2)13-8-11-6-7-12(15)9-14-11/h1,6-7,9-10,13,15H,4-5,8H2,2H3. The van der Waals surface area contributed by atoms with Crippen LogP contribution in [0.15, 0.2) is 18.3 Å². The molecule has 80 valence electrons. The summed E-state index contributed by atoms with van der Waals surface area (Å²) in [5.74, 6) is 2.83. The maximum absolute atomic E-state index is 9.06. The van der Waals surface area contributed by atoms with Gasteiger partial charge in [-0.05, 0) is 18.6 Å². The highest BCUT2D eigenvalue weighted by Gasteiger charge is 2.03. The molecule has 0 fully saturated rings. The Morgan fingerprint density at radius 2 is 2.40 bits per heavy atom. The van der Waals surface area contributed by atoms with Crippen LogP contribution in [0.1, 0.15) is 25.5 Å². The lowest BCUT2D eigenvalue weighted by Gasteiger charge is -2.13. The Kier molecular flexibility index (Phi) is 4.65. The van der Waals surface area contributed by atoms with E-state index in [4.69, 9.17) is 11.5 Å². The number of pyridine rings is 1. The minimum absolute atomic E-state index is 0.189. The van der Waals surface area contributed by atoms with Gasteiger partial charge in [0.15, 0.2) is 0 Å². The van der Waals surface area contributed by atoms with Crippen LogP contribution in [0.2, 0.25) is 0 Å². The lowest BCUT2D eigenvalue weighted by molar-refractivity contribution is 0.470. The minimum atomic E-state index is 0.189. The first kappa shape index (κ1) is 11.5. The predicted octanol–water partition coefficient (Wildman–Crippen LogP) is 1.68. The second-order valence-electron chi connectivity index (χ2n) is 3.40. The molecule has 0 amide bonds. The average molecular weight is 204 g/mol. The van der Waals surface area contributed by atoms with E-state index < -0.39 is 0 Å². The molecule has 0 saturated heterocycles.